The van der Waals surface area contributed by atoms with Crippen LogP contribution in [0.5, 0.6) is 5.75 Å². The third-order valence-corrected chi connectivity index (χ3v) is 9.04. The maximum absolute atomic E-state index is 6.37. The van der Waals surface area contributed by atoms with Crippen LogP contribution in [0.25, 0.3) is 0 Å². The fraction of sp³-hybridized carbons (Fsp3) is 0.667. The molecule has 3 rings (SSSR count). The normalized spacial score (nSPS) is 32.6. The highest BCUT2D eigenvalue weighted by Crippen LogP contribution is 2.40. The van der Waals surface area contributed by atoms with Crippen molar-refractivity contribution in [1.82, 2.24) is 0 Å². The Morgan fingerprint density at radius 3 is 2.14 bits per heavy atom. The van der Waals surface area contributed by atoms with Crippen molar-refractivity contribution in [2.75, 3.05) is 6.61 Å². The van der Waals surface area contributed by atoms with Crippen LogP contribution in [0.3, 0.4) is 0 Å². The van der Waals surface area contributed by atoms with Crippen molar-refractivity contribution < 1.29 is 4.74 Å². The Labute approximate surface area is 145 Å². The van der Waals surface area contributed by atoms with Gasteiger partial charge in [-0.2, -0.15) is 11.1 Å². The summed E-state index contributed by atoms with van der Waals surface area (Å²) in [5.74, 6) is 3.60. The summed E-state index contributed by atoms with van der Waals surface area (Å²) in [5, 5.41) is 0.766. The molecule has 0 aromatic heterocycles. The lowest BCUT2D eigenvalue weighted by Gasteiger charge is -2.36. The van der Waals surface area contributed by atoms with Gasteiger partial charge in [0.1, 0.15) is 13.9 Å². The van der Waals surface area contributed by atoms with Crippen molar-refractivity contribution >= 4 is 30.8 Å². The Kier molecular flexibility index (Phi) is 6.12. The van der Waals surface area contributed by atoms with Gasteiger partial charge in [-0.3, -0.25) is 0 Å². The van der Waals surface area contributed by atoms with Crippen LogP contribution in [0.4, 0.5) is 0 Å². The zero-order chi connectivity index (χ0) is 15.4. The van der Waals surface area contributed by atoms with Crippen molar-refractivity contribution in [1.29, 1.82) is 0 Å². The van der Waals surface area contributed by atoms with Crippen molar-refractivity contribution in [2.45, 2.75) is 50.6 Å². The van der Waals surface area contributed by atoms with E-state index in [4.69, 9.17) is 27.4 Å². The topological polar surface area (TPSA) is 9.23 Å². The lowest BCUT2D eigenvalue weighted by Crippen LogP contribution is -2.28. The van der Waals surface area contributed by atoms with E-state index in [2.05, 4.69) is 0 Å². The number of hydrogen-bond acceptors (Lipinski definition) is 1. The van der Waals surface area contributed by atoms with E-state index in [9.17, 15) is 0 Å². The van der Waals surface area contributed by atoms with Crippen LogP contribution in [-0.2, 0) is 0 Å². The van der Waals surface area contributed by atoms with Crippen molar-refractivity contribution in [2.24, 2.45) is 17.8 Å². The first-order valence-corrected chi connectivity index (χ1v) is 12.5. The average molecular weight is 357 g/mol. The van der Waals surface area contributed by atoms with Crippen LogP contribution in [0, 0.1) is 17.8 Å². The molecule has 0 spiro atoms. The zero-order valence-electron chi connectivity index (χ0n) is 13.1. The Morgan fingerprint density at radius 1 is 0.909 bits per heavy atom. The molecule has 22 heavy (non-hydrogen) atoms. The van der Waals surface area contributed by atoms with E-state index in [1.54, 1.807) is 0 Å². The van der Waals surface area contributed by atoms with E-state index in [0.717, 1.165) is 35.1 Å². The molecule has 1 aromatic rings. The molecule has 4 heteroatoms. The molecule has 0 radical (unpaired) electrons. The van der Waals surface area contributed by atoms with Gasteiger partial charge in [-0.15, -0.1) is 0 Å². The smallest absolute Gasteiger partial charge is 0.141 e. The molecule has 0 unspecified atom stereocenters. The molecule has 2 aliphatic rings. The van der Waals surface area contributed by atoms with E-state index in [0.29, 0.717) is 0 Å². The van der Waals surface area contributed by atoms with Gasteiger partial charge in [-0.25, -0.2) is 0 Å². The molecule has 1 saturated carbocycles. The summed E-state index contributed by atoms with van der Waals surface area (Å²) >= 11 is 12.3. The second kappa shape index (κ2) is 8.08. The highest BCUT2D eigenvalue weighted by Gasteiger charge is 2.30. The summed E-state index contributed by atoms with van der Waals surface area (Å²) in [7, 11) is -0.807. The lowest BCUT2D eigenvalue weighted by molar-refractivity contribution is 0.148. The standard InChI is InChI=1S/C18H26Cl2OSi/c19-17-5-7-18(8-6-17)21-13-14-1-3-15(4-2-14)16-9-11-22(20)12-10-16/h5-8,14-16,22H,1-4,9-13H2. The minimum absolute atomic E-state index is 0.727. The molecule has 122 valence electrons. The highest BCUT2D eigenvalue weighted by molar-refractivity contribution is 7.07. The van der Waals surface area contributed by atoms with Gasteiger partial charge in [-0.1, -0.05) is 24.4 Å². The van der Waals surface area contributed by atoms with Gasteiger partial charge in [0.15, 0.2) is 0 Å². The fourth-order valence-corrected chi connectivity index (χ4v) is 6.87. The molecule has 1 nitrogen and oxygen atoms in total. The Balaban J connectivity index is 1.39. The maximum atomic E-state index is 6.37. The molecule has 0 bridgehead atoms. The van der Waals surface area contributed by atoms with Crippen LogP contribution in [0.15, 0.2) is 24.3 Å². The van der Waals surface area contributed by atoms with Crippen LogP contribution >= 0.6 is 22.7 Å². The molecule has 1 saturated heterocycles. The summed E-state index contributed by atoms with van der Waals surface area (Å²) in [6.07, 6.45) is 8.28. The predicted octanol–water partition coefficient (Wildman–Crippen LogP) is 5.90. The fourth-order valence-electron chi connectivity index (χ4n) is 4.12. The minimum atomic E-state index is -0.807. The van der Waals surface area contributed by atoms with E-state index >= 15 is 0 Å². The average Bonchev–Trinajstić information content (AvgIpc) is 2.56. The number of benzene rings is 1. The molecule has 0 atom stereocenters. The van der Waals surface area contributed by atoms with Gasteiger partial charge < -0.3 is 4.74 Å². The summed E-state index contributed by atoms with van der Waals surface area (Å²) < 4.78 is 5.92. The molecule has 1 heterocycles. The molecule has 1 aromatic carbocycles. The van der Waals surface area contributed by atoms with Crippen LogP contribution in [0.2, 0.25) is 17.1 Å². The molecule has 2 fully saturated rings. The lowest BCUT2D eigenvalue weighted by atomic mass is 9.74. The maximum Gasteiger partial charge on any atom is 0.141 e. The number of halogens is 2. The largest absolute Gasteiger partial charge is 0.493 e. The zero-order valence-corrected chi connectivity index (χ0v) is 15.8. The molecular formula is C18H26Cl2OSi. The monoisotopic (exact) mass is 356 g/mol. The molecule has 1 aliphatic heterocycles. The molecule has 0 N–H and O–H groups in total. The van der Waals surface area contributed by atoms with Crippen LogP contribution < -0.4 is 4.74 Å². The van der Waals surface area contributed by atoms with Crippen LogP contribution in [0.1, 0.15) is 38.5 Å². The van der Waals surface area contributed by atoms with E-state index in [1.807, 2.05) is 24.3 Å². The van der Waals surface area contributed by atoms with Crippen LogP contribution in [-0.4, -0.2) is 14.7 Å². The first-order valence-electron chi connectivity index (χ1n) is 8.73. The van der Waals surface area contributed by atoms with Gasteiger partial charge >= 0.3 is 0 Å². The summed E-state index contributed by atoms with van der Waals surface area (Å²) in [6, 6.07) is 10.4. The van der Waals surface area contributed by atoms with Crippen molar-refractivity contribution in [3.8, 4) is 5.75 Å². The van der Waals surface area contributed by atoms with E-state index < -0.39 is 8.11 Å². The molecular weight excluding hydrogens is 331 g/mol. The highest BCUT2D eigenvalue weighted by atomic mass is 35.6. The Hall–Kier alpha value is -0.183. The van der Waals surface area contributed by atoms with Gasteiger partial charge in [-0.05, 0) is 79.8 Å². The third kappa shape index (κ3) is 4.66. The summed E-state index contributed by atoms with van der Waals surface area (Å²) in [6.45, 7) is 0.857. The van der Waals surface area contributed by atoms with Gasteiger partial charge in [0.2, 0.25) is 0 Å². The quantitative estimate of drug-likeness (QED) is 0.482. The van der Waals surface area contributed by atoms with Crippen molar-refractivity contribution in [3.63, 3.8) is 0 Å². The predicted molar refractivity (Wildman–Crippen MR) is 97.7 cm³/mol. The minimum Gasteiger partial charge on any atom is -0.493 e. The number of hydrogen-bond donors (Lipinski definition) is 0. The second-order valence-corrected chi connectivity index (χ2v) is 11.7. The summed E-state index contributed by atoms with van der Waals surface area (Å²) in [4.78, 5) is 0. The van der Waals surface area contributed by atoms with Gasteiger partial charge in [0, 0.05) is 5.02 Å². The van der Waals surface area contributed by atoms with E-state index in [-0.39, 0.29) is 0 Å². The molecule has 0 amide bonds. The third-order valence-electron chi connectivity index (χ3n) is 5.56. The van der Waals surface area contributed by atoms with Gasteiger partial charge in [0.25, 0.3) is 0 Å². The summed E-state index contributed by atoms with van der Waals surface area (Å²) in [5.41, 5.74) is 0. The first-order chi connectivity index (χ1) is 10.7. The number of rotatable bonds is 4. The Bertz CT molecular complexity index is 449. The van der Waals surface area contributed by atoms with Crippen molar-refractivity contribution in [3.05, 3.63) is 29.3 Å². The molecule has 1 aliphatic carbocycles. The Morgan fingerprint density at radius 2 is 1.50 bits per heavy atom. The SMILES string of the molecule is Clc1ccc(OCC2CCC(C3CC[SiH](Cl)CC3)CC2)cc1. The van der Waals surface area contributed by atoms with E-state index in [1.165, 1.54) is 50.6 Å². The van der Waals surface area contributed by atoms with Gasteiger partial charge in [0.05, 0.1) is 6.61 Å². The second-order valence-electron chi connectivity index (χ2n) is 7.06. The first kappa shape index (κ1) is 16.7. The number of ether oxygens (including phenoxy) is 1.